The van der Waals surface area contributed by atoms with Crippen LogP contribution < -0.4 is 13.3 Å². The Kier molecular flexibility index (Phi) is 48.8. The molecule has 0 aliphatic heterocycles. The van der Waals surface area contributed by atoms with Crippen molar-refractivity contribution < 1.29 is 84.3 Å². The summed E-state index contributed by atoms with van der Waals surface area (Å²) in [5.41, 5.74) is -1.17. The van der Waals surface area contributed by atoms with Crippen LogP contribution >= 0.6 is 75.3 Å². The van der Waals surface area contributed by atoms with Crippen LogP contribution in [-0.4, -0.2) is 41.1 Å². The first kappa shape index (κ1) is 63.9. The van der Waals surface area contributed by atoms with Gasteiger partial charge in [0.05, 0.1) is 6.61 Å². The third-order valence-corrected chi connectivity index (χ3v) is 87.7. The number of rotatable bonds is 4. The Bertz CT molecular complexity index is 705. The van der Waals surface area contributed by atoms with Crippen molar-refractivity contribution in [2.24, 2.45) is 22.7 Å². The zero-order chi connectivity index (χ0) is 37.2. The minimum absolute atomic E-state index is 0. The van der Waals surface area contributed by atoms with Gasteiger partial charge < -0.3 is 33.2 Å². The van der Waals surface area contributed by atoms with Crippen molar-refractivity contribution in [1.82, 2.24) is 0 Å². The molecule has 2 saturated carbocycles. The van der Waals surface area contributed by atoms with Gasteiger partial charge in [-0.25, -0.2) is 9.59 Å². The van der Waals surface area contributed by atoms with Crippen molar-refractivity contribution in [3.05, 3.63) is 13.8 Å². The predicted molar refractivity (Wildman–Crippen MR) is 230 cm³/mol. The van der Waals surface area contributed by atoms with Gasteiger partial charge in [0.1, 0.15) is 11.2 Å². The van der Waals surface area contributed by atoms with E-state index in [1.54, 1.807) is 20.8 Å². The zero-order valence-electron chi connectivity index (χ0n) is 31.6. The molecule has 0 radical (unpaired) electrons. The number of ether oxygens (including phenoxy) is 3. The van der Waals surface area contributed by atoms with Gasteiger partial charge in [-0.3, -0.25) is 0 Å². The molecule has 14 heteroatoms. The number of aliphatic hydroxyl groups excluding tert-OH is 1. The van der Waals surface area contributed by atoms with Crippen LogP contribution in [0.15, 0.2) is 0 Å². The molecule has 296 valence electrons. The third kappa shape index (κ3) is 78.9. The molecule has 2 rings (SSSR count). The van der Waals surface area contributed by atoms with E-state index in [0.29, 0.717) is 38.3 Å². The summed E-state index contributed by atoms with van der Waals surface area (Å²) in [6, 6.07) is 0. The standard InChI is InChI=1S/C12H22O3.C7H14O.C5H9ClO2.2C5H11.I5.2W/c1-12(2,3)15-11(13)14-9-10-7-5-4-6-8-10;8-6-7-4-2-1-3-5-7;1-5(2,3)8-4(6)7;2*1-5(2,3)4;1-4-5(2)3;;/h10H,4-9H2,1-3H3;7-8H,1-6H2;1-3H3;2*1H2,2-4H3;;;/q;;;3*-1;;. The van der Waals surface area contributed by atoms with Crippen LogP contribution in [0.2, 0.25) is 0 Å². The Balaban J connectivity index is -0.000000116. The quantitative estimate of drug-likeness (QED) is 0.131. The smallest absolute Gasteiger partial charge is 0.0459 e. The molecule has 2 fully saturated rings. The van der Waals surface area contributed by atoms with Gasteiger partial charge in [-0.1, -0.05) is 80.1 Å². The molecule has 2 aliphatic rings. The summed E-state index contributed by atoms with van der Waals surface area (Å²) in [6.45, 7) is 31.7. The van der Waals surface area contributed by atoms with Crippen LogP contribution in [-0.2, 0) is 56.3 Å². The summed E-state index contributed by atoms with van der Waals surface area (Å²) in [5.74, 6) is 1.19. The molecular weight excluding hydrogens is 1540 g/mol. The topological polar surface area (TPSA) is 82.1 Å². The second-order valence-electron chi connectivity index (χ2n) is 15.8. The van der Waals surface area contributed by atoms with Crippen molar-refractivity contribution in [2.75, 3.05) is 13.2 Å². The van der Waals surface area contributed by atoms with Crippen LogP contribution in [0.1, 0.15) is 147 Å². The van der Waals surface area contributed by atoms with Crippen LogP contribution in [0.4, 0.5) is 9.59 Å². The van der Waals surface area contributed by atoms with Crippen molar-refractivity contribution in [3.8, 4) is 0 Å². The third-order valence-electron chi connectivity index (χ3n) is 4.96. The summed E-state index contributed by atoms with van der Waals surface area (Å²) in [5, 5.41) is 8.69. The van der Waals surface area contributed by atoms with E-state index < -0.39 is 22.8 Å². The normalized spacial score (nSPS) is 15.4. The Morgan fingerprint density at radius 1 is 0.729 bits per heavy atom. The van der Waals surface area contributed by atoms with E-state index in [1.807, 2.05) is 20.8 Å². The van der Waals surface area contributed by atoms with Gasteiger partial charge in [-0.05, 0) is 79.1 Å². The maximum absolute atomic E-state index is 11.3. The maximum Gasteiger partial charge on any atom is 0.0459 e. The van der Waals surface area contributed by atoms with E-state index >= 15 is 0 Å². The first-order chi connectivity index (χ1) is 20.6. The maximum atomic E-state index is 11.3. The Morgan fingerprint density at radius 2 is 1.02 bits per heavy atom. The minimum atomic E-state index is -0.752. The van der Waals surface area contributed by atoms with E-state index in [9.17, 15) is 9.59 Å². The summed E-state index contributed by atoms with van der Waals surface area (Å²) in [6.07, 6.45) is 12.3. The molecule has 0 aromatic heterocycles. The van der Waals surface area contributed by atoms with Gasteiger partial charge in [0.15, 0.2) is 0 Å². The molecule has 6 nitrogen and oxygen atoms in total. The van der Waals surface area contributed by atoms with E-state index in [1.165, 1.54) is 64.2 Å². The molecule has 1 N–H and O–H groups in total. The number of hydrogen-bond acceptors (Lipinski definition) is 6. The van der Waals surface area contributed by atoms with Gasteiger partial charge in [-0.2, -0.15) is 10.8 Å². The minimum Gasteiger partial charge on any atom is -0.396 e. The fourth-order valence-electron chi connectivity index (χ4n) is 3.43. The molecule has 0 aromatic carbocycles. The van der Waals surface area contributed by atoms with Gasteiger partial charge in [-0.15, -0.1) is 0 Å². The molecule has 0 amide bonds. The average Bonchev–Trinajstić information content (AvgIpc) is 2.85. The second kappa shape index (κ2) is 36.6. The summed E-state index contributed by atoms with van der Waals surface area (Å²) in [4.78, 5) is 21.3. The SMILES string of the molecule is CC(C)(C)OC(=O)Cl.CC(C)(C)OC(=O)OCC1CCCCC1.I[I-]I(I)I.OCC1CCCCC1.[CH2-]C(C)(C)C.[CH2-]C(C)(C)C.[W].[W]. The van der Waals surface area contributed by atoms with Gasteiger partial charge in [0.25, 0.3) is 0 Å². The van der Waals surface area contributed by atoms with E-state index in [-0.39, 0.29) is 60.9 Å². The van der Waals surface area contributed by atoms with Crippen LogP contribution in [0, 0.1) is 36.5 Å². The first-order valence-corrected chi connectivity index (χ1v) is 41.5. The summed E-state index contributed by atoms with van der Waals surface area (Å²) < 4.78 is 14.7. The number of carbonyl (C=O) groups is 2. The molecule has 48 heavy (non-hydrogen) atoms. The van der Waals surface area contributed by atoms with Crippen molar-refractivity contribution in [2.45, 2.75) is 158 Å². The monoisotopic (exact) mass is 1610 g/mol. The average molecular weight is 1610 g/mol. The largest absolute Gasteiger partial charge is 0.396 e. The molecule has 0 atom stereocenters. The van der Waals surface area contributed by atoms with E-state index in [4.69, 9.17) is 26.2 Å². The van der Waals surface area contributed by atoms with E-state index in [0.717, 1.165) is 0 Å². The Morgan fingerprint density at radius 3 is 1.21 bits per heavy atom. The Hall–Kier alpha value is 4.02. The van der Waals surface area contributed by atoms with Gasteiger partial charge in [0.2, 0.25) is 0 Å². The number of halogens is 6. The van der Waals surface area contributed by atoms with Crippen molar-refractivity contribution >= 4 is 86.9 Å². The number of carbonyl (C=O) groups excluding carboxylic acids is 2. The molecule has 2 aliphatic carbocycles. The summed E-state index contributed by atoms with van der Waals surface area (Å²) >= 11 is 13.3. The fourth-order valence-corrected chi connectivity index (χ4v) is 3.66. The van der Waals surface area contributed by atoms with Crippen LogP contribution in [0.5, 0.6) is 0 Å². The molecule has 0 bridgehead atoms. The molecule has 0 aromatic rings. The van der Waals surface area contributed by atoms with E-state index in [2.05, 4.69) is 116 Å². The van der Waals surface area contributed by atoms with Crippen LogP contribution in [0.25, 0.3) is 0 Å². The Labute approximate surface area is 373 Å². The molecule has 0 saturated heterocycles. The first-order valence-electron chi connectivity index (χ1n) is 16.0. The van der Waals surface area contributed by atoms with Crippen LogP contribution in [0.3, 0.4) is 0 Å². The van der Waals surface area contributed by atoms with Crippen molar-refractivity contribution in [3.63, 3.8) is 0 Å². The zero-order valence-corrected chi connectivity index (χ0v) is 49.0. The fraction of sp³-hybridized carbons (Fsp3) is 0.882. The van der Waals surface area contributed by atoms with Gasteiger partial charge in [0, 0.05) is 60.3 Å². The number of aliphatic hydroxyl groups is 1. The number of hydrogen-bond donors (Lipinski definition) is 1. The second-order valence-corrected chi connectivity index (χ2v) is 81.0. The molecule has 0 heterocycles. The van der Waals surface area contributed by atoms with Crippen molar-refractivity contribution in [1.29, 1.82) is 0 Å². The molecule has 0 spiro atoms. The molecular formula is C34H67ClI5O6W2-3. The predicted octanol–water partition coefficient (Wildman–Crippen LogP) is 11.5. The van der Waals surface area contributed by atoms with Gasteiger partial charge >= 0.3 is 88.6 Å². The summed E-state index contributed by atoms with van der Waals surface area (Å²) in [7, 11) is -0.245. The molecule has 0 unspecified atom stereocenters.